The molecule has 2 heterocycles. The highest BCUT2D eigenvalue weighted by Gasteiger charge is 2.30. The molecule has 2 aromatic rings. The van der Waals surface area contributed by atoms with Crippen molar-refractivity contribution in [2.45, 2.75) is 52.6 Å². The molecule has 0 spiro atoms. The van der Waals surface area contributed by atoms with E-state index in [-0.39, 0.29) is 23.5 Å². The molecule has 1 saturated heterocycles. The molecular weight excluding hydrogens is 396 g/mol. The summed E-state index contributed by atoms with van der Waals surface area (Å²) in [4.78, 5) is 45.7. The van der Waals surface area contributed by atoms with Crippen LogP contribution in [0.15, 0.2) is 35.1 Å². The molecule has 2 amide bonds. The molecule has 1 aromatic heterocycles. The molecule has 0 unspecified atom stereocenters. The lowest BCUT2D eigenvalue weighted by Gasteiger charge is -2.32. The Bertz CT molecular complexity index is 1000. The van der Waals surface area contributed by atoms with E-state index in [2.05, 4.69) is 15.3 Å². The number of H-pyrrole nitrogens is 1. The smallest absolute Gasteiger partial charge is 0.410 e. The van der Waals surface area contributed by atoms with Gasteiger partial charge < -0.3 is 19.9 Å². The fraction of sp³-hybridized carbons (Fsp3) is 0.478. The number of benzene rings is 1. The van der Waals surface area contributed by atoms with E-state index in [1.165, 1.54) is 6.07 Å². The predicted molar refractivity (Wildman–Crippen MR) is 119 cm³/mol. The summed E-state index contributed by atoms with van der Waals surface area (Å²) in [7, 11) is 0. The van der Waals surface area contributed by atoms with Crippen LogP contribution in [0.4, 0.5) is 10.5 Å². The number of anilines is 1. The number of aryl methyl sites for hydroxylation is 1. The average molecular weight is 427 g/mol. The van der Waals surface area contributed by atoms with Gasteiger partial charge in [0.2, 0.25) is 5.91 Å². The lowest BCUT2D eigenvalue weighted by atomic mass is 9.96. The molecule has 8 nitrogen and oxygen atoms in total. The molecule has 1 aromatic carbocycles. The molecule has 166 valence electrons. The minimum absolute atomic E-state index is 0.0789. The van der Waals surface area contributed by atoms with Gasteiger partial charge in [-0.2, -0.15) is 0 Å². The van der Waals surface area contributed by atoms with Crippen LogP contribution in [-0.4, -0.2) is 45.6 Å². The van der Waals surface area contributed by atoms with Crippen molar-refractivity contribution in [3.05, 3.63) is 46.4 Å². The monoisotopic (exact) mass is 426 g/mol. The number of amides is 2. The zero-order valence-electron chi connectivity index (χ0n) is 18.5. The maximum absolute atomic E-state index is 12.8. The van der Waals surface area contributed by atoms with Crippen molar-refractivity contribution in [1.29, 1.82) is 0 Å². The molecule has 31 heavy (non-hydrogen) atoms. The van der Waals surface area contributed by atoms with E-state index in [4.69, 9.17) is 4.74 Å². The van der Waals surface area contributed by atoms with Gasteiger partial charge in [0.25, 0.3) is 5.56 Å². The van der Waals surface area contributed by atoms with E-state index in [9.17, 15) is 14.4 Å². The predicted octanol–water partition coefficient (Wildman–Crippen LogP) is 3.58. The van der Waals surface area contributed by atoms with E-state index in [1.54, 1.807) is 17.0 Å². The summed E-state index contributed by atoms with van der Waals surface area (Å²) in [5, 5.41) is 2.95. The van der Waals surface area contributed by atoms with Crippen molar-refractivity contribution in [2.75, 3.05) is 18.4 Å². The van der Waals surface area contributed by atoms with Crippen LogP contribution < -0.4 is 10.9 Å². The van der Waals surface area contributed by atoms with Crippen LogP contribution in [0.1, 0.15) is 46.2 Å². The Hall–Kier alpha value is -3.16. The van der Waals surface area contributed by atoms with Gasteiger partial charge in [0.05, 0.1) is 0 Å². The Labute approximate surface area is 182 Å². The number of hydrogen-bond donors (Lipinski definition) is 2. The fourth-order valence-electron chi connectivity index (χ4n) is 3.47. The number of nitrogens with zero attached hydrogens (tertiary/aromatic N) is 2. The van der Waals surface area contributed by atoms with Gasteiger partial charge in [0.1, 0.15) is 11.4 Å². The summed E-state index contributed by atoms with van der Waals surface area (Å²) in [5.41, 5.74) is 1.34. The second-order valence-electron chi connectivity index (χ2n) is 8.75. The molecule has 3 rings (SSSR count). The van der Waals surface area contributed by atoms with E-state index in [0.717, 1.165) is 5.56 Å². The third-order valence-electron chi connectivity index (χ3n) is 5.08. The van der Waals surface area contributed by atoms with Crippen LogP contribution in [0.3, 0.4) is 0 Å². The van der Waals surface area contributed by atoms with Crippen molar-refractivity contribution in [3.8, 4) is 11.4 Å². The van der Waals surface area contributed by atoms with Crippen molar-refractivity contribution < 1.29 is 14.3 Å². The number of rotatable bonds is 4. The van der Waals surface area contributed by atoms with E-state index in [0.29, 0.717) is 49.6 Å². The Morgan fingerprint density at radius 1 is 1.23 bits per heavy atom. The third-order valence-corrected chi connectivity index (χ3v) is 5.08. The van der Waals surface area contributed by atoms with Gasteiger partial charge in [-0.1, -0.05) is 19.1 Å². The molecule has 1 aliphatic heterocycles. The standard InChI is InChI=1S/C23H30N4O4/c1-5-17-14-19(28)26-20(24-17)16-7-6-8-18(13-16)25-21(29)15-9-11-27(12-10-15)22(30)31-23(2,3)4/h6-8,13-15H,5,9-12H2,1-4H3,(H,25,29)(H,24,26,28). The molecule has 0 radical (unpaired) electrons. The highest BCUT2D eigenvalue weighted by molar-refractivity contribution is 5.93. The maximum atomic E-state index is 12.8. The van der Waals surface area contributed by atoms with E-state index < -0.39 is 5.60 Å². The lowest BCUT2D eigenvalue weighted by Crippen LogP contribution is -2.43. The summed E-state index contributed by atoms with van der Waals surface area (Å²) in [6.07, 6.45) is 1.49. The molecular formula is C23H30N4O4. The second-order valence-corrected chi connectivity index (χ2v) is 8.75. The van der Waals surface area contributed by atoms with Crippen LogP contribution in [0.25, 0.3) is 11.4 Å². The zero-order valence-corrected chi connectivity index (χ0v) is 18.5. The first kappa shape index (κ1) is 22.5. The highest BCUT2D eigenvalue weighted by Crippen LogP contribution is 2.23. The van der Waals surface area contributed by atoms with Gasteiger partial charge in [-0.3, -0.25) is 9.59 Å². The molecule has 0 bridgehead atoms. The van der Waals surface area contributed by atoms with Gasteiger partial charge in [-0.25, -0.2) is 9.78 Å². The fourth-order valence-corrected chi connectivity index (χ4v) is 3.47. The van der Waals surface area contributed by atoms with Crippen molar-refractivity contribution in [3.63, 3.8) is 0 Å². The number of aromatic amines is 1. The largest absolute Gasteiger partial charge is 0.444 e. The molecule has 0 atom stereocenters. The topological polar surface area (TPSA) is 104 Å². The number of carbonyl (C=O) groups is 2. The number of hydrogen-bond acceptors (Lipinski definition) is 5. The van der Waals surface area contributed by atoms with Crippen molar-refractivity contribution >= 4 is 17.7 Å². The zero-order chi connectivity index (χ0) is 22.6. The van der Waals surface area contributed by atoms with Crippen LogP contribution in [0.5, 0.6) is 0 Å². The third kappa shape index (κ3) is 6.16. The number of aromatic nitrogens is 2. The Kier molecular flexibility index (Phi) is 6.77. The van der Waals surface area contributed by atoms with Gasteiger partial charge in [-0.15, -0.1) is 0 Å². The minimum atomic E-state index is -0.536. The number of nitrogens with one attached hydrogen (secondary N) is 2. The number of carbonyl (C=O) groups excluding carboxylic acids is 2. The summed E-state index contributed by atoms with van der Waals surface area (Å²) < 4.78 is 5.40. The summed E-state index contributed by atoms with van der Waals surface area (Å²) in [6, 6.07) is 8.74. The van der Waals surface area contributed by atoms with Crippen LogP contribution in [0.2, 0.25) is 0 Å². The first-order valence-electron chi connectivity index (χ1n) is 10.6. The van der Waals surface area contributed by atoms with E-state index >= 15 is 0 Å². The quantitative estimate of drug-likeness (QED) is 0.778. The molecule has 0 saturated carbocycles. The lowest BCUT2D eigenvalue weighted by molar-refractivity contribution is -0.121. The first-order valence-corrected chi connectivity index (χ1v) is 10.6. The van der Waals surface area contributed by atoms with Crippen LogP contribution in [0, 0.1) is 5.92 Å². The van der Waals surface area contributed by atoms with Gasteiger partial charge in [0.15, 0.2) is 0 Å². The van der Waals surface area contributed by atoms with Crippen LogP contribution in [-0.2, 0) is 16.0 Å². The first-order chi connectivity index (χ1) is 14.6. The summed E-state index contributed by atoms with van der Waals surface area (Å²) in [6.45, 7) is 8.43. The van der Waals surface area contributed by atoms with Gasteiger partial charge >= 0.3 is 6.09 Å². The molecule has 2 N–H and O–H groups in total. The second kappa shape index (κ2) is 9.32. The average Bonchev–Trinajstić information content (AvgIpc) is 2.72. The Morgan fingerprint density at radius 2 is 1.94 bits per heavy atom. The highest BCUT2D eigenvalue weighted by atomic mass is 16.6. The molecule has 1 fully saturated rings. The maximum Gasteiger partial charge on any atom is 0.410 e. The number of ether oxygens (including phenoxy) is 1. The van der Waals surface area contributed by atoms with E-state index in [1.807, 2.05) is 39.8 Å². The molecule has 1 aliphatic rings. The minimum Gasteiger partial charge on any atom is -0.444 e. The summed E-state index contributed by atoms with van der Waals surface area (Å²) in [5.74, 6) is 0.222. The SMILES string of the molecule is CCc1cc(=O)[nH]c(-c2cccc(NC(=O)C3CCN(C(=O)OC(C)(C)C)CC3)c2)n1. The van der Waals surface area contributed by atoms with Gasteiger partial charge in [-0.05, 0) is 52.2 Å². The number of likely N-dealkylation sites (tertiary alicyclic amines) is 1. The van der Waals surface area contributed by atoms with Crippen molar-refractivity contribution in [2.24, 2.45) is 5.92 Å². The van der Waals surface area contributed by atoms with Gasteiger partial charge in [0, 0.05) is 42.0 Å². The Morgan fingerprint density at radius 3 is 2.58 bits per heavy atom. The number of piperidine rings is 1. The van der Waals surface area contributed by atoms with Crippen molar-refractivity contribution in [1.82, 2.24) is 14.9 Å². The molecule has 0 aliphatic carbocycles. The summed E-state index contributed by atoms with van der Waals surface area (Å²) >= 11 is 0. The Balaban J connectivity index is 1.62. The van der Waals surface area contributed by atoms with Crippen LogP contribution >= 0.6 is 0 Å². The normalized spacial score (nSPS) is 14.9. The molecule has 8 heteroatoms.